The van der Waals surface area contributed by atoms with Crippen molar-refractivity contribution in [2.75, 3.05) is 0 Å². The zero-order valence-electron chi connectivity index (χ0n) is 20.8. The number of amides is 1. The fraction of sp³-hybridized carbons (Fsp3) is 0.172. The van der Waals surface area contributed by atoms with Gasteiger partial charge in [0, 0.05) is 18.5 Å². The van der Waals surface area contributed by atoms with Gasteiger partial charge in [-0.1, -0.05) is 65.7 Å². The number of pyridine rings is 1. The lowest BCUT2D eigenvalue weighted by Gasteiger charge is -2.29. The summed E-state index contributed by atoms with van der Waals surface area (Å²) in [5.41, 5.74) is 8.83. The first-order valence-corrected chi connectivity index (χ1v) is 11.9. The van der Waals surface area contributed by atoms with Gasteiger partial charge in [-0.15, -0.1) is 10.2 Å². The van der Waals surface area contributed by atoms with Gasteiger partial charge in [0.05, 0.1) is 5.52 Å². The smallest absolute Gasteiger partial charge is 0.252 e. The van der Waals surface area contributed by atoms with Crippen LogP contribution >= 0.6 is 0 Å². The number of aromatic nitrogens is 4. The summed E-state index contributed by atoms with van der Waals surface area (Å²) >= 11 is 0. The summed E-state index contributed by atoms with van der Waals surface area (Å²) in [4.78, 5) is 24.9. The molecule has 1 unspecified atom stereocenters. The van der Waals surface area contributed by atoms with Gasteiger partial charge < -0.3 is 15.4 Å². The highest BCUT2D eigenvalue weighted by Crippen LogP contribution is 2.38. The van der Waals surface area contributed by atoms with Gasteiger partial charge in [0.2, 0.25) is 5.91 Å². The molecule has 1 atom stereocenters. The monoisotopic (exact) mass is 493 g/mol. The van der Waals surface area contributed by atoms with Crippen molar-refractivity contribution in [3.05, 3.63) is 118 Å². The minimum Gasteiger partial charge on any atom is -0.373 e. The standard InChI is InChI=1S/C29H27N5O3/c1-18-7-9-21(10-8-18)29(37,28-32-31-17-33(28)3)22-11-12-25-24(14-22)23(20-6-4-5-19(2)13-20)15-27(36)34(25)16-26(30)35/h4-15,17,37H,16H2,1-3H3,(H2,30,35). The van der Waals surface area contributed by atoms with Crippen LogP contribution in [-0.2, 0) is 24.0 Å². The Morgan fingerprint density at radius 2 is 1.70 bits per heavy atom. The predicted octanol–water partition coefficient (Wildman–Crippen LogP) is 3.18. The average Bonchev–Trinajstić information content (AvgIpc) is 3.31. The molecule has 3 aromatic carbocycles. The number of nitrogens with two attached hydrogens (primary N) is 1. The zero-order chi connectivity index (χ0) is 26.3. The Balaban J connectivity index is 1.85. The molecule has 186 valence electrons. The summed E-state index contributed by atoms with van der Waals surface area (Å²) in [5, 5.41) is 21.3. The fourth-order valence-corrected chi connectivity index (χ4v) is 4.81. The maximum absolute atomic E-state index is 13.1. The minimum absolute atomic E-state index is 0.256. The van der Waals surface area contributed by atoms with Gasteiger partial charge in [-0.05, 0) is 48.2 Å². The van der Waals surface area contributed by atoms with Crippen LogP contribution in [0.15, 0.2) is 83.9 Å². The molecule has 0 aliphatic carbocycles. The summed E-state index contributed by atoms with van der Waals surface area (Å²) in [6.45, 7) is 3.71. The van der Waals surface area contributed by atoms with Crippen molar-refractivity contribution in [1.82, 2.24) is 19.3 Å². The Hall–Kier alpha value is -4.56. The van der Waals surface area contributed by atoms with E-state index < -0.39 is 11.5 Å². The molecule has 8 nitrogen and oxygen atoms in total. The van der Waals surface area contributed by atoms with Gasteiger partial charge in [-0.25, -0.2) is 0 Å². The lowest BCUT2D eigenvalue weighted by molar-refractivity contribution is -0.118. The van der Waals surface area contributed by atoms with Gasteiger partial charge in [0.15, 0.2) is 11.4 Å². The normalized spacial score (nSPS) is 13.0. The molecule has 2 aromatic heterocycles. The number of primary amides is 1. The minimum atomic E-state index is -1.64. The quantitative estimate of drug-likeness (QED) is 0.377. The lowest BCUT2D eigenvalue weighted by Crippen LogP contribution is -2.32. The summed E-state index contributed by atoms with van der Waals surface area (Å²) in [6.07, 6.45) is 1.54. The third kappa shape index (κ3) is 4.21. The number of hydrogen-bond acceptors (Lipinski definition) is 5. The van der Waals surface area contributed by atoms with E-state index in [1.807, 2.05) is 68.4 Å². The van der Waals surface area contributed by atoms with E-state index in [0.717, 1.165) is 16.7 Å². The molecule has 2 heterocycles. The van der Waals surface area contributed by atoms with Crippen LogP contribution in [0, 0.1) is 13.8 Å². The van der Waals surface area contributed by atoms with Crippen molar-refractivity contribution in [3.8, 4) is 11.1 Å². The Bertz CT molecular complexity index is 1700. The maximum atomic E-state index is 13.1. The van der Waals surface area contributed by atoms with E-state index in [1.165, 1.54) is 17.0 Å². The molecular weight excluding hydrogens is 466 g/mol. The van der Waals surface area contributed by atoms with Crippen LogP contribution in [0.4, 0.5) is 0 Å². The number of benzene rings is 3. The van der Waals surface area contributed by atoms with Gasteiger partial charge in [0.25, 0.3) is 5.56 Å². The summed E-state index contributed by atoms with van der Waals surface area (Å²) in [6, 6.07) is 22.3. The second-order valence-corrected chi connectivity index (χ2v) is 9.39. The molecule has 0 radical (unpaired) electrons. The van der Waals surface area contributed by atoms with Crippen LogP contribution in [0.5, 0.6) is 0 Å². The number of aryl methyl sites for hydroxylation is 3. The van der Waals surface area contributed by atoms with E-state index in [9.17, 15) is 14.7 Å². The third-order valence-corrected chi connectivity index (χ3v) is 6.68. The number of carbonyl (C=O) groups is 1. The zero-order valence-corrected chi connectivity index (χ0v) is 20.8. The third-order valence-electron chi connectivity index (χ3n) is 6.68. The molecule has 5 aromatic rings. The molecule has 1 amide bonds. The first-order valence-electron chi connectivity index (χ1n) is 11.9. The molecule has 3 N–H and O–H groups in total. The second-order valence-electron chi connectivity index (χ2n) is 9.39. The molecule has 37 heavy (non-hydrogen) atoms. The largest absolute Gasteiger partial charge is 0.373 e. The van der Waals surface area contributed by atoms with Crippen molar-refractivity contribution in [2.45, 2.75) is 26.0 Å². The van der Waals surface area contributed by atoms with Crippen LogP contribution in [0.1, 0.15) is 28.1 Å². The molecule has 5 rings (SSSR count). The van der Waals surface area contributed by atoms with Crippen LogP contribution < -0.4 is 11.3 Å². The predicted molar refractivity (Wildman–Crippen MR) is 142 cm³/mol. The molecule has 0 fully saturated rings. The Morgan fingerprint density at radius 3 is 2.35 bits per heavy atom. The SMILES string of the molecule is Cc1ccc(C(O)(c2ccc3c(c2)c(-c2cccc(C)c2)cc(=O)n3CC(N)=O)c2nncn2C)cc1. The number of carbonyl (C=O) groups excluding carboxylic acids is 1. The van der Waals surface area contributed by atoms with Crippen molar-refractivity contribution in [2.24, 2.45) is 12.8 Å². The topological polar surface area (TPSA) is 116 Å². The van der Waals surface area contributed by atoms with E-state index >= 15 is 0 Å². The molecule has 0 saturated heterocycles. The Morgan fingerprint density at radius 1 is 0.973 bits per heavy atom. The average molecular weight is 494 g/mol. The molecule has 0 saturated carbocycles. The summed E-state index contributed by atoms with van der Waals surface area (Å²) < 4.78 is 3.04. The number of aliphatic hydroxyl groups is 1. The number of rotatable bonds is 6. The molecule has 8 heteroatoms. The first-order chi connectivity index (χ1) is 17.7. The van der Waals surface area contributed by atoms with Crippen molar-refractivity contribution in [3.63, 3.8) is 0 Å². The van der Waals surface area contributed by atoms with Gasteiger partial charge >= 0.3 is 0 Å². The van der Waals surface area contributed by atoms with E-state index in [-0.39, 0.29) is 12.1 Å². The number of nitrogens with zero attached hydrogens (tertiary/aromatic N) is 4. The van der Waals surface area contributed by atoms with E-state index in [4.69, 9.17) is 5.73 Å². The van der Waals surface area contributed by atoms with Gasteiger partial charge in [0.1, 0.15) is 12.9 Å². The van der Waals surface area contributed by atoms with Crippen molar-refractivity contribution in [1.29, 1.82) is 0 Å². The van der Waals surface area contributed by atoms with Gasteiger partial charge in [-0.3, -0.25) is 14.2 Å². The maximum Gasteiger partial charge on any atom is 0.252 e. The Labute approximate surface area is 213 Å². The number of hydrogen-bond donors (Lipinski definition) is 2. The van der Waals surface area contributed by atoms with Crippen LogP contribution in [-0.4, -0.2) is 30.3 Å². The second kappa shape index (κ2) is 9.15. The van der Waals surface area contributed by atoms with Crippen LogP contribution in [0.3, 0.4) is 0 Å². The van der Waals surface area contributed by atoms with E-state index in [0.29, 0.717) is 33.4 Å². The molecule has 0 aliphatic rings. The molecular formula is C29H27N5O3. The Kier molecular flexibility index (Phi) is 5.97. The highest BCUT2D eigenvalue weighted by molar-refractivity contribution is 5.96. The van der Waals surface area contributed by atoms with Crippen molar-refractivity contribution >= 4 is 16.8 Å². The fourth-order valence-electron chi connectivity index (χ4n) is 4.81. The highest BCUT2D eigenvalue weighted by Gasteiger charge is 2.38. The molecule has 0 bridgehead atoms. The molecule has 0 aliphatic heterocycles. The van der Waals surface area contributed by atoms with Gasteiger partial charge in [-0.2, -0.15) is 0 Å². The van der Waals surface area contributed by atoms with Crippen molar-refractivity contribution < 1.29 is 9.90 Å². The van der Waals surface area contributed by atoms with E-state index in [2.05, 4.69) is 10.2 Å². The molecule has 0 spiro atoms. The summed E-state index contributed by atoms with van der Waals surface area (Å²) in [5.74, 6) is -0.274. The van der Waals surface area contributed by atoms with Crippen LogP contribution in [0.2, 0.25) is 0 Å². The summed E-state index contributed by atoms with van der Waals surface area (Å²) in [7, 11) is 1.78. The van der Waals surface area contributed by atoms with E-state index in [1.54, 1.807) is 23.7 Å². The van der Waals surface area contributed by atoms with Crippen LogP contribution in [0.25, 0.3) is 22.0 Å². The first kappa shape index (κ1) is 24.1. The lowest BCUT2D eigenvalue weighted by atomic mass is 9.83. The highest BCUT2D eigenvalue weighted by atomic mass is 16.3. The number of fused-ring (bicyclic) bond motifs is 1.